The van der Waals surface area contributed by atoms with Crippen LogP contribution in [0.3, 0.4) is 0 Å². The van der Waals surface area contributed by atoms with Crippen molar-refractivity contribution in [3.63, 3.8) is 0 Å². The van der Waals surface area contributed by atoms with E-state index in [0.29, 0.717) is 11.3 Å². The first kappa shape index (κ1) is 19.2. The van der Waals surface area contributed by atoms with Gasteiger partial charge in [-0.1, -0.05) is 11.6 Å². The molecule has 0 radical (unpaired) electrons. The summed E-state index contributed by atoms with van der Waals surface area (Å²) in [6.45, 7) is 1.65. The number of nitro benzene ring substituents is 1. The lowest BCUT2D eigenvalue weighted by Crippen LogP contribution is -2.20. The number of rotatable bonds is 7. The van der Waals surface area contributed by atoms with Crippen molar-refractivity contribution in [2.45, 2.75) is 6.92 Å². The molecule has 0 bridgehead atoms. The number of ether oxygens (including phenoxy) is 2. The zero-order valence-corrected chi connectivity index (χ0v) is 14.5. The van der Waals surface area contributed by atoms with E-state index in [1.54, 1.807) is 19.1 Å². The number of amides is 1. The maximum atomic E-state index is 11.9. The highest BCUT2D eigenvalue weighted by Gasteiger charge is 2.12. The van der Waals surface area contributed by atoms with Crippen molar-refractivity contribution in [2.75, 3.05) is 18.5 Å². The minimum atomic E-state index is -0.581. The van der Waals surface area contributed by atoms with Gasteiger partial charge in [-0.25, -0.2) is 4.79 Å². The molecule has 0 aromatic heterocycles. The number of anilines is 1. The number of benzene rings is 2. The number of carbonyl (C=O) groups is 2. The fourth-order valence-corrected chi connectivity index (χ4v) is 2.19. The molecule has 26 heavy (non-hydrogen) atoms. The highest BCUT2D eigenvalue weighted by atomic mass is 35.5. The van der Waals surface area contributed by atoms with Gasteiger partial charge in [0.05, 0.1) is 22.1 Å². The lowest BCUT2D eigenvalue weighted by atomic mass is 10.2. The van der Waals surface area contributed by atoms with Crippen LogP contribution in [-0.4, -0.2) is 30.0 Å². The number of nitrogens with zero attached hydrogens (tertiary/aromatic N) is 1. The normalized spacial score (nSPS) is 10.1. The Morgan fingerprint density at radius 3 is 2.46 bits per heavy atom. The third kappa shape index (κ3) is 5.18. The first-order valence-electron chi connectivity index (χ1n) is 7.54. The minimum Gasteiger partial charge on any atom is -0.482 e. The second-order valence-electron chi connectivity index (χ2n) is 5.01. The van der Waals surface area contributed by atoms with Gasteiger partial charge in [0.15, 0.2) is 6.61 Å². The van der Waals surface area contributed by atoms with E-state index in [4.69, 9.17) is 21.1 Å². The van der Waals surface area contributed by atoms with Gasteiger partial charge in [-0.2, -0.15) is 0 Å². The van der Waals surface area contributed by atoms with E-state index in [9.17, 15) is 19.7 Å². The van der Waals surface area contributed by atoms with E-state index in [-0.39, 0.29) is 29.7 Å². The van der Waals surface area contributed by atoms with Crippen molar-refractivity contribution < 1.29 is 24.0 Å². The maximum Gasteiger partial charge on any atom is 0.338 e. The number of non-ortho nitro benzene ring substituents is 1. The number of hydrogen-bond donors (Lipinski definition) is 1. The number of esters is 1. The Hall–Kier alpha value is -3.13. The fourth-order valence-electron chi connectivity index (χ4n) is 1.96. The number of nitrogens with one attached hydrogen (secondary N) is 1. The zero-order chi connectivity index (χ0) is 19.1. The van der Waals surface area contributed by atoms with Crippen LogP contribution in [0.15, 0.2) is 42.5 Å². The lowest BCUT2D eigenvalue weighted by molar-refractivity contribution is -0.384. The monoisotopic (exact) mass is 378 g/mol. The first-order chi connectivity index (χ1) is 12.4. The summed E-state index contributed by atoms with van der Waals surface area (Å²) in [7, 11) is 0. The molecule has 2 aromatic rings. The molecular weight excluding hydrogens is 364 g/mol. The molecule has 2 rings (SSSR count). The second kappa shape index (κ2) is 8.82. The fraction of sp³-hybridized carbons (Fsp3) is 0.176. The van der Waals surface area contributed by atoms with Gasteiger partial charge in [0, 0.05) is 17.8 Å². The van der Waals surface area contributed by atoms with E-state index in [0.717, 1.165) is 6.07 Å². The largest absolute Gasteiger partial charge is 0.482 e. The molecule has 0 heterocycles. The minimum absolute atomic E-state index is 0.0331. The van der Waals surface area contributed by atoms with E-state index in [2.05, 4.69) is 5.32 Å². The molecule has 9 heteroatoms. The summed E-state index contributed by atoms with van der Waals surface area (Å²) in [6.07, 6.45) is 0. The molecule has 0 saturated carbocycles. The van der Waals surface area contributed by atoms with Crippen molar-refractivity contribution in [1.82, 2.24) is 0 Å². The number of nitro groups is 1. The molecule has 0 spiro atoms. The quantitative estimate of drug-likeness (QED) is 0.449. The summed E-state index contributed by atoms with van der Waals surface area (Å²) >= 11 is 5.88. The summed E-state index contributed by atoms with van der Waals surface area (Å²) in [6, 6.07) is 9.87. The van der Waals surface area contributed by atoms with Crippen LogP contribution in [-0.2, 0) is 9.53 Å². The SMILES string of the molecule is CCOC(=O)c1ccc(NC(=O)COc2ccc([N+](=O)[O-])cc2Cl)cc1. The van der Waals surface area contributed by atoms with Crippen LogP contribution in [0.25, 0.3) is 0 Å². The maximum absolute atomic E-state index is 11.9. The first-order valence-corrected chi connectivity index (χ1v) is 7.92. The van der Waals surface area contributed by atoms with Crippen LogP contribution < -0.4 is 10.1 Å². The molecule has 0 aliphatic rings. The third-order valence-corrected chi connectivity index (χ3v) is 3.46. The van der Waals surface area contributed by atoms with Crippen molar-refractivity contribution in [3.05, 3.63) is 63.2 Å². The van der Waals surface area contributed by atoms with Crippen molar-refractivity contribution in [2.24, 2.45) is 0 Å². The standard InChI is InChI=1S/C17H15ClN2O6/c1-2-25-17(22)11-3-5-12(6-4-11)19-16(21)10-26-15-8-7-13(20(23)24)9-14(15)18/h3-9H,2,10H2,1H3,(H,19,21). The molecule has 0 saturated heterocycles. The molecule has 136 valence electrons. The number of carbonyl (C=O) groups excluding carboxylic acids is 2. The van der Waals surface area contributed by atoms with Crippen LogP contribution in [0.4, 0.5) is 11.4 Å². The van der Waals surface area contributed by atoms with Crippen molar-refractivity contribution >= 4 is 34.9 Å². The van der Waals surface area contributed by atoms with Crippen LogP contribution >= 0.6 is 11.6 Å². The third-order valence-electron chi connectivity index (χ3n) is 3.16. The van der Waals surface area contributed by atoms with E-state index in [1.165, 1.54) is 24.3 Å². The zero-order valence-electron chi connectivity index (χ0n) is 13.7. The molecule has 1 amide bonds. The van der Waals surface area contributed by atoms with Crippen LogP contribution in [0.2, 0.25) is 5.02 Å². The molecule has 0 aliphatic heterocycles. The van der Waals surface area contributed by atoms with Gasteiger partial charge in [0.2, 0.25) is 0 Å². The van der Waals surface area contributed by atoms with Gasteiger partial charge in [-0.05, 0) is 37.3 Å². The Balaban J connectivity index is 1.91. The lowest BCUT2D eigenvalue weighted by Gasteiger charge is -2.09. The molecule has 2 aromatic carbocycles. The highest BCUT2D eigenvalue weighted by Crippen LogP contribution is 2.28. The Morgan fingerprint density at radius 2 is 1.88 bits per heavy atom. The van der Waals surface area contributed by atoms with E-state index in [1.807, 2.05) is 0 Å². The van der Waals surface area contributed by atoms with Gasteiger partial charge < -0.3 is 14.8 Å². The molecular formula is C17H15ClN2O6. The van der Waals surface area contributed by atoms with Crippen molar-refractivity contribution in [3.8, 4) is 5.75 Å². The Kier molecular flexibility index (Phi) is 6.51. The van der Waals surface area contributed by atoms with Crippen LogP contribution in [0.5, 0.6) is 5.75 Å². The van der Waals surface area contributed by atoms with Gasteiger partial charge in [0.25, 0.3) is 11.6 Å². The van der Waals surface area contributed by atoms with Gasteiger partial charge in [0.1, 0.15) is 5.75 Å². The summed E-state index contributed by atoms with van der Waals surface area (Å²) in [4.78, 5) is 33.5. The average molecular weight is 379 g/mol. The van der Waals surface area contributed by atoms with E-state index < -0.39 is 16.8 Å². The molecule has 0 atom stereocenters. The predicted octanol–water partition coefficient (Wildman–Crippen LogP) is 3.44. The number of hydrogen-bond acceptors (Lipinski definition) is 6. The molecule has 0 fully saturated rings. The molecule has 0 unspecified atom stereocenters. The summed E-state index contributed by atoms with van der Waals surface area (Å²) < 4.78 is 10.1. The summed E-state index contributed by atoms with van der Waals surface area (Å²) in [5.41, 5.74) is 0.675. The van der Waals surface area contributed by atoms with Crippen molar-refractivity contribution in [1.29, 1.82) is 0 Å². The smallest absolute Gasteiger partial charge is 0.338 e. The average Bonchev–Trinajstić information content (AvgIpc) is 2.61. The summed E-state index contributed by atoms with van der Waals surface area (Å²) in [5, 5.41) is 13.3. The second-order valence-corrected chi connectivity index (χ2v) is 5.41. The van der Waals surface area contributed by atoms with Gasteiger partial charge in [-0.15, -0.1) is 0 Å². The van der Waals surface area contributed by atoms with Crippen LogP contribution in [0, 0.1) is 10.1 Å². The predicted molar refractivity (Wildman–Crippen MR) is 94.6 cm³/mol. The Labute approximate surface area is 153 Å². The summed E-state index contributed by atoms with van der Waals surface area (Å²) in [5.74, 6) is -0.741. The van der Waals surface area contributed by atoms with Gasteiger partial charge >= 0.3 is 5.97 Å². The highest BCUT2D eigenvalue weighted by molar-refractivity contribution is 6.32. The molecule has 0 aliphatic carbocycles. The topological polar surface area (TPSA) is 108 Å². The molecule has 1 N–H and O–H groups in total. The van der Waals surface area contributed by atoms with Crippen LogP contribution in [0.1, 0.15) is 17.3 Å². The Morgan fingerprint density at radius 1 is 1.19 bits per heavy atom. The van der Waals surface area contributed by atoms with Gasteiger partial charge in [-0.3, -0.25) is 14.9 Å². The molecule has 8 nitrogen and oxygen atoms in total. The number of halogens is 1. The Bertz CT molecular complexity index is 823. The van der Waals surface area contributed by atoms with E-state index >= 15 is 0 Å².